The number of rotatable bonds is 7. The number of pyridine rings is 2. The van der Waals surface area contributed by atoms with Crippen molar-refractivity contribution in [2.24, 2.45) is 0 Å². The zero-order valence-corrected chi connectivity index (χ0v) is 17.4. The summed E-state index contributed by atoms with van der Waals surface area (Å²) in [6.45, 7) is 0.542. The second kappa shape index (κ2) is 10.8. The summed E-state index contributed by atoms with van der Waals surface area (Å²) in [5, 5.41) is 6.13. The molecule has 2 aromatic carbocycles. The van der Waals surface area contributed by atoms with E-state index >= 15 is 0 Å². The van der Waals surface area contributed by atoms with Crippen LogP contribution >= 0.6 is 12.4 Å². The first kappa shape index (κ1) is 21.8. The number of amides is 1. The molecule has 31 heavy (non-hydrogen) atoms. The van der Waals surface area contributed by atoms with E-state index in [1.165, 1.54) is 0 Å². The lowest BCUT2D eigenvalue weighted by Crippen LogP contribution is -2.15. The predicted molar refractivity (Wildman–Crippen MR) is 124 cm³/mol. The van der Waals surface area contributed by atoms with E-state index in [1.54, 1.807) is 36.8 Å². The summed E-state index contributed by atoms with van der Waals surface area (Å²) in [7, 11) is 0. The topological polar surface area (TPSA) is 76.1 Å². The number of nitrogens with one attached hydrogen (secondary N) is 2. The Morgan fingerprint density at radius 3 is 2.42 bits per heavy atom. The molecule has 4 aromatic rings. The van der Waals surface area contributed by atoms with Gasteiger partial charge in [-0.3, -0.25) is 9.78 Å². The van der Waals surface area contributed by atoms with Crippen molar-refractivity contribution in [2.75, 3.05) is 10.6 Å². The fourth-order valence-electron chi connectivity index (χ4n) is 2.88. The zero-order valence-electron chi connectivity index (χ0n) is 16.6. The van der Waals surface area contributed by atoms with Crippen molar-refractivity contribution in [3.63, 3.8) is 0 Å². The molecular formula is C24H21ClN4O2. The Labute approximate surface area is 186 Å². The largest absolute Gasteiger partial charge is 0.457 e. The van der Waals surface area contributed by atoms with Crippen molar-refractivity contribution in [3.8, 4) is 11.5 Å². The van der Waals surface area contributed by atoms with Crippen LogP contribution in [0.3, 0.4) is 0 Å². The van der Waals surface area contributed by atoms with E-state index in [-0.39, 0.29) is 18.3 Å². The number of hydrogen-bond donors (Lipinski definition) is 2. The van der Waals surface area contributed by atoms with Crippen molar-refractivity contribution in [3.05, 3.63) is 109 Å². The number of halogens is 1. The van der Waals surface area contributed by atoms with Gasteiger partial charge in [-0.15, -0.1) is 12.4 Å². The molecule has 0 aliphatic carbocycles. The molecule has 4 rings (SSSR count). The number of nitrogens with zero attached hydrogens (tertiary/aromatic N) is 2. The summed E-state index contributed by atoms with van der Waals surface area (Å²) >= 11 is 0. The smallest absolute Gasteiger partial charge is 0.259 e. The van der Waals surface area contributed by atoms with Crippen LogP contribution in [-0.2, 0) is 6.54 Å². The molecule has 1 amide bonds. The summed E-state index contributed by atoms with van der Waals surface area (Å²) in [5.74, 6) is 1.64. The normalized spacial score (nSPS) is 9.94. The quantitative estimate of drug-likeness (QED) is 0.400. The fraction of sp³-hybridized carbons (Fsp3) is 0.0417. The Morgan fingerprint density at radius 2 is 1.61 bits per heavy atom. The highest BCUT2D eigenvalue weighted by molar-refractivity contribution is 6.07. The number of aromatic nitrogens is 2. The predicted octanol–water partition coefficient (Wildman–Crippen LogP) is 5.56. The SMILES string of the molecule is Cl.O=C(Nc1cccc(Oc2ccccc2)c1)c1cccnc1NCc1ccncc1. The average Bonchev–Trinajstić information content (AvgIpc) is 2.79. The third kappa shape index (κ3) is 6.04. The van der Waals surface area contributed by atoms with E-state index in [0.29, 0.717) is 29.4 Å². The van der Waals surface area contributed by atoms with Crippen LogP contribution < -0.4 is 15.4 Å². The Morgan fingerprint density at radius 1 is 0.839 bits per heavy atom. The molecule has 0 saturated heterocycles. The first-order valence-electron chi connectivity index (χ1n) is 9.50. The number of ether oxygens (including phenoxy) is 1. The minimum atomic E-state index is -0.253. The maximum Gasteiger partial charge on any atom is 0.259 e. The summed E-state index contributed by atoms with van der Waals surface area (Å²) in [5.41, 5.74) is 2.14. The molecule has 6 nitrogen and oxygen atoms in total. The zero-order chi connectivity index (χ0) is 20.6. The van der Waals surface area contributed by atoms with Gasteiger partial charge in [0.1, 0.15) is 17.3 Å². The Hall–Kier alpha value is -3.90. The standard InChI is InChI=1S/C24H20N4O2.ClH/c29-24(22-10-5-13-26-23(22)27-17-18-11-14-25-15-12-18)28-19-6-4-9-21(16-19)30-20-7-2-1-3-8-20;/h1-16H,17H2,(H,26,27)(H,28,29);1H. The summed E-state index contributed by atoms with van der Waals surface area (Å²) in [6, 6.07) is 24.1. The molecule has 0 aliphatic rings. The Balaban J connectivity index is 0.00000272. The maximum atomic E-state index is 12.9. The van der Waals surface area contributed by atoms with Gasteiger partial charge < -0.3 is 15.4 Å². The highest BCUT2D eigenvalue weighted by Gasteiger charge is 2.13. The molecule has 0 radical (unpaired) electrons. The number of benzene rings is 2. The molecule has 0 spiro atoms. The van der Waals surface area contributed by atoms with Crippen LogP contribution in [0.1, 0.15) is 15.9 Å². The van der Waals surface area contributed by atoms with Gasteiger partial charge in [-0.2, -0.15) is 0 Å². The summed E-state index contributed by atoms with van der Waals surface area (Å²) in [4.78, 5) is 21.2. The monoisotopic (exact) mass is 432 g/mol. The third-order valence-corrected chi connectivity index (χ3v) is 4.33. The van der Waals surface area contributed by atoms with E-state index < -0.39 is 0 Å². The van der Waals surface area contributed by atoms with E-state index in [4.69, 9.17) is 4.74 Å². The van der Waals surface area contributed by atoms with Crippen LogP contribution in [0, 0.1) is 0 Å². The van der Waals surface area contributed by atoms with Gasteiger partial charge >= 0.3 is 0 Å². The van der Waals surface area contributed by atoms with E-state index in [0.717, 1.165) is 11.3 Å². The van der Waals surface area contributed by atoms with E-state index in [9.17, 15) is 4.79 Å². The van der Waals surface area contributed by atoms with Crippen LogP contribution in [0.15, 0.2) is 97.5 Å². The molecule has 0 atom stereocenters. The number of carbonyl (C=O) groups is 1. The second-order valence-corrected chi connectivity index (χ2v) is 6.51. The lowest BCUT2D eigenvalue weighted by atomic mass is 10.2. The fourth-order valence-corrected chi connectivity index (χ4v) is 2.88. The van der Waals surface area contributed by atoms with Gasteiger partial charge in [-0.05, 0) is 54.1 Å². The van der Waals surface area contributed by atoms with Gasteiger partial charge in [0, 0.05) is 36.9 Å². The Bertz CT molecular complexity index is 1120. The van der Waals surface area contributed by atoms with Crippen molar-refractivity contribution < 1.29 is 9.53 Å². The van der Waals surface area contributed by atoms with Crippen LogP contribution in [0.2, 0.25) is 0 Å². The highest BCUT2D eigenvalue weighted by atomic mass is 35.5. The minimum absolute atomic E-state index is 0. The van der Waals surface area contributed by atoms with Crippen LogP contribution in [-0.4, -0.2) is 15.9 Å². The van der Waals surface area contributed by atoms with Crippen LogP contribution in [0.5, 0.6) is 11.5 Å². The van der Waals surface area contributed by atoms with E-state index in [1.807, 2.05) is 60.7 Å². The Kier molecular flexibility index (Phi) is 7.56. The van der Waals surface area contributed by atoms with Gasteiger partial charge in [0.15, 0.2) is 0 Å². The molecule has 0 unspecified atom stereocenters. The van der Waals surface area contributed by atoms with Gasteiger partial charge in [0.05, 0.1) is 5.56 Å². The first-order chi connectivity index (χ1) is 14.8. The molecule has 2 heterocycles. The van der Waals surface area contributed by atoms with Crippen LogP contribution in [0.25, 0.3) is 0 Å². The molecule has 0 bridgehead atoms. The van der Waals surface area contributed by atoms with Crippen molar-refractivity contribution in [1.29, 1.82) is 0 Å². The molecule has 0 fully saturated rings. The van der Waals surface area contributed by atoms with Gasteiger partial charge in [0.25, 0.3) is 5.91 Å². The minimum Gasteiger partial charge on any atom is -0.457 e. The summed E-state index contributed by atoms with van der Waals surface area (Å²) in [6.07, 6.45) is 5.11. The molecule has 0 saturated carbocycles. The van der Waals surface area contributed by atoms with Crippen molar-refractivity contribution in [1.82, 2.24) is 9.97 Å². The number of hydrogen-bond acceptors (Lipinski definition) is 5. The molecule has 0 aliphatic heterocycles. The number of para-hydroxylation sites is 1. The molecule has 2 aromatic heterocycles. The molecule has 7 heteroatoms. The van der Waals surface area contributed by atoms with Crippen molar-refractivity contribution in [2.45, 2.75) is 6.54 Å². The molecule has 2 N–H and O–H groups in total. The van der Waals surface area contributed by atoms with Crippen LogP contribution in [0.4, 0.5) is 11.5 Å². The highest BCUT2D eigenvalue weighted by Crippen LogP contribution is 2.24. The number of anilines is 2. The first-order valence-corrected chi connectivity index (χ1v) is 9.50. The van der Waals surface area contributed by atoms with Gasteiger partial charge in [-0.1, -0.05) is 24.3 Å². The third-order valence-electron chi connectivity index (χ3n) is 4.33. The lowest BCUT2D eigenvalue weighted by molar-refractivity contribution is 0.102. The average molecular weight is 433 g/mol. The molecule has 156 valence electrons. The lowest BCUT2D eigenvalue weighted by Gasteiger charge is -2.12. The summed E-state index contributed by atoms with van der Waals surface area (Å²) < 4.78 is 5.84. The van der Waals surface area contributed by atoms with Gasteiger partial charge in [0.2, 0.25) is 0 Å². The number of carbonyl (C=O) groups excluding carboxylic acids is 1. The molecular weight excluding hydrogens is 412 g/mol. The maximum absolute atomic E-state index is 12.9. The van der Waals surface area contributed by atoms with Crippen molar-refractivity contribution >= 4 is 29.8 Å². The van der Waals surface area contributed by atoms with Gasteiger partial charge in [-0.25, -0.2) is 4.98 Å². The van der Waals surface area contributed by atoms with E-state index in [2.05, 4.69) is 20.6 Å². The second-order valence-electron chi connectivity index (χ2n) is 6.51.